The van der Waals surface area contributed by atoms with Crippen molar-refractivity contribution in [3.63, 3.8) is 0 Å². The molecular weight excluding hydrogens is 202 g/mol. The van der Waals surface area contributed by atoms with Crippen molar-refractivity contribution in [2.75, 3.05) is 13.1 Å². The predicted octanol–water partition coefficient (Wildman–Crippen LogP) is 2.89. The predicted molar refractivity (Wildman–Crippen MR) is 52.6 cm³/mol. The van der Waals surface area contributed by atoms with E-state index in [4.69, 9.17) is 0 Å². The van der Waals surface area contributed by atoms with Crippen LogP contribution in [-0.2, 0) is 0 Å². The Morgan fingerprint density at radius 1 is 1.64 bits per heavy atom. The zero-order valence-electron chi connectivity index (χ0n) is 6.89. The van der Waals surface area contributed by atoms with Gasteiger partial charge in [-0.2, -0.15) is 0 Å². The van der Waals surface area contributed by atoms with Crippen LogP contribution >= 0.6 is 15.9 Å². The summed E-state index contributed by atoms with van der Waals surface area (Å²) < 4.78 is 1.22. The summed E-state index contributed by atoms with van der Waals surface area (Å²) >= 11 is 3.52. The van der Waals surface area contributed by atoms with Crippen LogP contribution in [0.25, 0.3) is 0 Å². The minimum absolute atomic E-state index is 1.05. The lowest BCUT2D eigenvalue weighted by atomic mass is 10.3. The van der Waals surface area contributed by atoms with Gasteiger partial charge in [0.2, 0.25) is 0 Å². The number of unbranched alkanes of at least 4 members (excludes halogenated alkanes) is 1. The highest BCUT2D eigenvalue weighted by Crippen LogP contribution is 2.16. The lowest BCUT2D eigenvalue weighted by Crippen LogP contribution is -2.23. The Labute approximate surface area is 76.9 Å². The number of allylic oxidation sites excluding steroid dienone is 2. The standard InChI is InChI=1S/C9H14BrN/c1-2-3-7-11-8-5-4-6-9(11)10/h4-6H,2-3,7-8H2,1H3. The molecule has 11 heavy (non-hydrogen) atoms. The average molecular weight is 216 g/mol. The quantitative estimate of drug-likeness (QED) is 0.655. The van der Waals surface area contributed by atoms with Crippen molar-refractivity contribution in [3.05, 3.63) is 22.8 Å². The maximum atomic E-state index is 3.52. The van der Waals surface area contributed by atoms with Gasteiger partial charge in [0.05, 0.1) is 4.61 Å². The van der Waals surface area contributed by atoms with Gasteiger partial charge >= 0.3 is 0 Å². The van der Waals surface area contributed by atoms with Crippen molar-refractivity contribution in [2.45, 2.75) is 19.8 Å². The topological polar surface area (TPSA) is 3.24 Å². The van der Waals surface area contributed by atoms with Crippen LogP contribution in [0, 0.1) is 0 Å². The Hall–Kier alpha value is -0.240. The fraction of sp³-hybridized carbons (Fsp3) is 0.556. The first kappa shape index (κ1) is 8.85. The van der Waals surface area contributed by atoms with Gasteiger partial charge in [0, 0.05) is 13.1 Å². The Morgan fingerprint density at radius 3 is 3.09 bits per heavy atom. The summed E-state index contributed by atoms with van der Waals surface area (Å²) in [7, 11) is 0. The Balaban J connectivity index is 2.35. The Morgan fingerprint density at radius 2 is 2.45 bits per heavy atom. The molecule has 1 aliphatic heterocycles. The van der Waals surface area contributed by atoms with Gasteiger partial charge in [-0.3, -0.25) is 0 Å². The number of nitrogens with zero attached hydrogens (tertiary/aromatic N) is 1. The van der Waals surface area contributed by atoms with Crippen LogP contribution in [0.3, 0.4) is 0 Å². The molecule has 0 radical (unpaired) electrons. The molecule has 0 saturated carbocycles. The van der Waals surface area contributed by atoms with E-state index in [1.807, 2.05) is 0 Å². The summed E-state index contributed by atoms with van der Waals surface area (Å²) in [5, 5.41) is 0. The fourth-order valence-electron chi connectivity index (χ4n) is 1.08. The summed E-state index contributed by atoms with van der Waals surface area (Å²) in [5.74, 6) is 0. The van der Waals surface area contributed by atoms with Gasteiger partial charge in [0.25, 0.3) is 0 Å². The molecule has 0 aromatic rings. The molecule has 0 N–H and O–H groups in total. The first-order chi connectivity index (χ1) is 5.34. The second-order valence-corrected chi connectivity index (χ2v) is 3.53. The van der Waals surface area contributed by atoms with Crippen LogP contribution in [0.4, 0.5) is 0 Å². The lowest BCUT2D eigenvalue weighted by molar-refractivity contribution is 0.394. The molecule has 0 saturated heterocycles. The minimum atomic E-state index is 1.05. The van der Waals surface area contributed by atoms with Gasteiger partial charge in [-0.05, 0) is 28.4 Å². The fourth-order valence-corrected chi connectivity index (χ4v) is 1.55. The van der Waals surface area contributed by atoms with E-state index in [9.17, 15) is 0 Å². The minimum Gasteiger partial charge on any atom is -0.362 e. The second-order valence-electron chi connectivity index (χ2n) is 2.72. The van der Waals surface area contributed by atoms with E-state index in [0.717, 1.165) is 13.1 Å². The SMILES string of the molecule is CCCCN1CC=CC=C1Br. The normalized spacial score (nSPS) is 16.9. The van der Waals surface area contributed by atoms with Crippen molar-refractivity contribution in [3.8, 4) is 0 Å². The van der Waals surface area contributed by atoms with E-state index < -0.39 is 0 Å². The molecule has 2 heteroatoms. The first-order valence-corrected chi connectivity index (χ1v) is 4.91. The maximum absolute atomic E-state index is 3.52. The molecule has 1 heterocycles. The van der Waals surface area contributed by atoms with Gasteiger partial charge in [-0.1, -0.05) is 25.5 Å². The highest BCUT2D eigenvalue weighted by molar-refractivity contribution is 9.11. The van der Waals surface area contributed by atoms with Crippen molar-refractivity contribution >= 4 is 15.9 Å². The van der Waals surface area contributed by atoms with Gasteiger partial charge in [0.15, 0.2) is 0 Å². The Kier molecular flexibility index (Phi) is 3.70. The summed E-state index contributed by atoms with van der Waals surface area (Å²) in [6.45, 7) is 4.44. The van der Waals surface area contributed by atoms with E-state index in [1.165, 1.54) is 17.4 Å². The molecule has 0 unspecified atom stereocenters. The van der Waals surface area contributed by atoms with Crippen molar-refractivity contribution in [1.29, 1.82) is 0 Å². The van der Waals surface area contributed by atoms with Crippen LogP contribution in [-0.4, -0.2) is 18.0 Å². The highest BCUT2D eigenvalue weighted by Gasteiger charge is 2.05. The third-order valence-corrected chi connectivity index (χ3v) is 2.55. The van der Waals surface area contributed by atoms with Crippen LogP contribution in [0.5, 0.6) is 0 Å². The lowest BCUT2D eigenvalue weighted by Gasteiger charge is -2.24. The third-order valence-electron chi connectivity index (χ3n) is 1.78. The zero-order chi connectivity index (χ0) is 8.10. The number of hydrogen-bond donors (Lipinski definition) is 0. The summed E-state index contributed by atoms with van der Waals surface area (Å²) in [5.41, 5.74) is 0. The van der Waals surface area contributed by atoms with Gasteiger partial charge in [0.1, 0.15) is 0 Å². The van der Waals surface area contributed by atoms with E-state index in [0.29, 0.717) is 0 Å². The van der Waals surface area contributed by atoms with E-state index in [-0.39, 0.29) is 0 Å². The zero-order valence-corrected chi connectivity index (χ0v) is 8.47. The van der Waals surface area contributed by atoms with Crippen molar-refractivity contribution in [1.82, 2.24) is 4.90 Å². The number of halogens is 1. The molecule has 0 atom stereocenters. The molecule has 0 bridgehead atoms. The van der Waals surface area contributed by atoms with Crippen molar-refractivity contribution < 1.29 is 0 Å². The molecular formula is C9H14BrN. The van der Waals surface area contributed by atoms with E-state index >= 15 is 0 Å². The smallest absolute Gasteiger partial charge is 0.0808 e. The molecule has 0 aromatic carbocycles. The molecule has 1 aliphatic rings. The van der Waals surface area contributed by atoms with Crippen LogP contribution in [0.1, 0.15) is 19.8 Å². The molecule has 0 spiro atoms. The van der Waals surface area contributed by atoms with Crippen molar-refractivity contribution in [2.24, 2.45) is 0 Å². The molecule has 0 fully saturated rings. The van der Waals surface area contributed by atoms with Crippen LogP contribution < -0.4 is 0 Å². The molecule has 62 valence electrons. The average Bonchev–Trinajstić information content (AvgIpc) is 2.03. The Bertz CT molecular complexity index is 172. The number of rotatable bonds is 3. The monoisotopic (exact) mass is 215 g/mol. The summed E-state index contributed by atoms with van der Waals surface area (Å²) in [6.07, 6.45) is 8.91. The van der Waals surface area contributed by atoms with Crippen LogP contribution in [0.15, 0.2) is 22.8 Å². The van der Waals surface area contributed by atoms with E-state index in [2.05, 4.69) is 46.0 Å². The van der Waals surface area contributed by atoms with Crippen LogP contribution in [0.2, 0.25) is 0 Å². The second kappa shape index (κ2) is 4.60. The highest BCUT2D eigenvalue weighted by atomic mass is 79.9. The van der Waals surface area contributed by atoms with Gasteiger partial charge in [-0.15, -0.1) is 0 Å². The molecule has 0 amide bonds. The summed E-state index contributed by atoms with van der Waals surface area (Å²) in [4.78, 5) is 2.34. The third kappa shape index (κ3) is 2.70. The molecule has 1 nitrogen and oxygen atoms in total. The largest absolute Gasteiger partial charge is 0.362 e. The maximum Gasteiger partial charge on any atom is 0.0808 e. The summed E-state index contributed by atoms with van der Waals surface area (Å²) in [6, 6.07) is 0. The number of hydrogen-bond acceptors (Lipinski definition) is 1. The molecule has 1 rings (SSSR count). The van der Waals surface area contributed by atoms with Gasteiger partial charge < -0.3 is 4.90 Å². The first-order valence-electron chi connectivity index (χ1n) is 4.12. The molecule has 0 aromatic heterocycles. The van der Waals surface area contributed by atoms with Gasteiger partial charge in [-0.25, -0.2) is 0 Å². The molecule has 0 aliphatic carbocycles. The van der Waals surface area contributed by atoms with E-state index in [1.54, 1.807) is 0 Å².